The van der Waals surface area contributed by atoms with Crippen molar-refractivity contribution in [2.45, 2.75) is 31.9 Å². The van der Waals surface area contributed by atoms with Gasteiger partial charge < -0.3 is 14.7 Å². The van der Waals surface area contributed by atoms with Gasteiger partial charge in [-0.05, 0) is 25.7 Å². The maximum Gasteiger partial charge on any atom is 0.329 e. The van der Waals surface area contributed by atoms with Crippen LogP contribution in [0, 0.1) is 11.8 Å². The van der Waals surface area contributed by atoms with Gasteiger partial charge in [-0.1, -0.05) is 0 Å². The van der Waals surface area contributed by atoms with Gasteiger partial charge in [0, 0.05) is 12.5 Å². The summed E-state index contributed by atoms with van der Waals surface area (Å²) in [5, 5.41) is 9.80. The molecule has 17 heavy (non-hydrogen) atoms. The Morgan fingerprint density at radius 2 is 2.12 bits per heavy atom. The largest absolute Gasteiger partial charge is 0.464 e. The second kappa shape index (κ2) is 4.68. The quantitative estimate of drug-likeness (QED) is 0.538. The molecule has 6 heteroatoms. The Kier molecular flexibility index (Phi) is 3.42. The van der Waals surface area contributed by atoms with Gasteiger partial charge >= 0.3 is 5.97 Å². The fraction of sp³-hybridized carbons (Fsp3) is 0.818. The number of ether oxygens (including phenoxy) is 1. The topological polar surface area (TPSA) is 66.8 Å². The molecule has 0 bridgehead atoms. The predicted molar refractivity (Wildman–Crippen MR) is 60.5 cm³/mol. The Bertz CT molecular complexity index is 335. The van der Waals surface area contributed by atoms with Crippen molar-refractivity contribution in [1.82, 2.24) is 4.90 Å². The second-order valence-corrected chi connectivity index (χ2v) is 4.66. The van der Waals surface area contributed by atoms with Gasteiger partial charge in [-0.25, -0.2) is 4.79 Å². The maximum absolute atomic E-state index is 11.9. The third-order valence-electron chi connectivity index (χ3n) is 3.80. The monoisotopic (exact) mass is 237 g/mol. The molecule has 1 aliphatic heterocycles. The number of nitrogens with zero attached hydrogens (tertiary/aromatic N) is 1. The van der Waals surface area contributed by atoms with Crippen molar-refractivity contribution in [2.24, 2.45) is 11.8 Å². The number of esters is 1. The molecule has 2 aliphatic rings. The minimum absolute atomic E-state index is 0.0171. The standard InChI is InChI=1S/C11H16BNO4/c1-2-17-10(15)9-6-3-4-8(14)7(6)5-13(9)11(12)16/h6-9,14H,2-5H2,1H3/t6-,7-,8?,9+/m0/s1. The molecule has 1 saturated heterocycles. The van der Waals surface area contributed by atoms with Crippen LogP contribution in [0.3, 0.4) is 0 Å². The molecule has 2 rings (SSSR count). The molecule has 1 aliphatic carbocycles. The van der Waals surface area contributed by atoms with Crippen molar-refractivity contribution in [3.63, 3.8) is 0 Å². The molecule has 1 amide bonds. The van der Waals surface area contributed by atoms with Gasteiger partial charge in [0.25, 0.3) is 0 Å². The summed E-state index contributed by atoms with van der Waals surface area (Å²) in [6.45, 7) is 2.36. The van der Waals surface area contributed by atoms with E-state index < -0.39 is 23.9 Å². The zero-order valence-electron chi connectivity index (χ0n) is 9.83. The van der Waals surface area contributed by atoms with Crippen molar-refractivity contribution in [2.75, 3.05) is 13.2 Å². The zero-order valence-corrected chi connectivity index (χ0v) is 9.83. The lowest BCUT2D eigenvalue weighted by atomic mass is 9.93. The Labute approximate surface area is 102 Å². The molecule has 1 heterocycles. The molecule has 0 aromatic carbocycles. The smallest absolute Gasteiger partial charge is 0.329 e. The number of hydrogen-bond donors (Lipinski definition) is 1. The van der Waals surface area contributed by atoms with Crippen LogP contribution < -0.4 is 0 Å². The highest BCUT2D eigenvalue weighted by Gasteiger charge is 2.52. The average Bonchev–Trinajstić information content (AvgIpc) is 2.79. The van der Waals surface area contributed by atoms with Gasteiger partial charge in [-0.2, -0.15) is 0 Å². The molecule has 0 spiro atoms. The van der Waals surface area contributed by atoms with Gasteiger partial charge in [-0.15, -0.1) is 0 Å². The molecular formula is C11H16BNO4. The summed E-state index contributed by atoms with van der Waals surface area (Å²) >= 11 is 0. The summed E-state index contributed by atoms with van der Waals surface area (Å²) < 4.78 is 4.98. The normalized spacial score (nSPS) is 35.8. The first-order valence-electron chi connectivity index (χ1n) is 5.97. The number of carbonyl (C=O) groups excluding carboxylic acids is 2. The SMILES string of the molecule is [B]C(=O)N1C[C@@H]2C(O)CC[C@@H]2[C@@H]1C(=O)OCC. The summed E-state index contributed by atoms with van der Waals surface area (Å²) in [4.78, 5) is 24.5. The van der Waals surface area contributed by atoms with Crippen LogP contribution >= 0.6 is 0 Å². The van der Waals surface area contributed by atoms with Crippen molar-refractivity contribution < 1.29 is 19.4 Å². The lowest BCUT2D eigenvalue weighted by molar-refractivity contribution is -0.148. The molecule has 2 fully saturated rings. The van der Waals surface area contributed by atoms with E-state index >= 15 is 0 Å². The van der Waals surface area contributed by atoms with Gasteiger partial charge in [0.05, 0.1) is 12.7 Å². The van der Waals surface area contributed by atoms with Crippen molar-refractivity contribution in [3.8, 4) is 0 Å². The molecular weight excluding hydrogens is 221 g/mol. The van der Waals surface area contributed by atoms with E-state index in [0.29, 0.717) is 13.0 Å². The van der Waals surface area contributed by atoms with Gasteiger partial charge in [0.2, 0.25) is 7.85 Å². The van der Waals surface area contributed by atoms with Gasteiger partial charge in [0.15, 0.2) is 5.81 Å². The third-order valence-corrected chi connectivity index (χ3v) is 3.80. The number of rotatable bonds is 2. The molecule has 1 N–H and O–H groups in total. The Morgan fingerprint density at radius 3 is 2.71 bits per heavy atom. The van der Waals surface area contributed by atoms with Crippen LogP contribution in [0.2, 0.25) is 0 Å². The van der Waals surface area contributed by atoms with E-state index in [0.717, 1.165) is 6.42 Å². The highest BCUT2D eigenvalue weighted by atomic mass is 16.5. The van der Waals surface area contributed by atoms with Crippen LogP contribution in [0.4, 0.5) is 4.79 Å². The van der Waals surface area contributed by atoms with Crippen LogP contribution in [0.5, 0.6) is 0 Å². The lowest BCUT2D eigenvalue weighted by Crippen LogP contribution is -2.43. The van der Waals surface area contributed by atoms with E-state index in [4.69, 9.17) is 12.6 Å². The van der Waals surface area contributed by atoms with E-state index in [1.807, 2.05) is 0 Å². The third kappa shape index (κ3) is 2.06. The van der Waals surface area contributed by atoms with E-state index in [2.05, 4.69) is 0 Å². The molecule has 1 saturated carbocycles. The van der Waals surface area contributed by atoms with Crippen LogP contribution in [0.25, 0.3) is 0 Å². The predicted octanol–water partition coefficient (Wildman–Crippen LogP) is -0.0907. The number of aliphatic hydroxyl groups excluding tert-OH is 1. The summed E-state index contributed by atoms with van der Waals surface area (Å²) in [6.07, 6.45) is 0.970. The second-order valence-electron chi connectivity index (χ2n) is 4.66. The average molecular weight is 237 g/mol. The van der Waals surface area contributed by atoms with E-state index in [-0.39, 0.29) is 18.4 Å². The molecule has 4 atom stereocenters. The summed E-state index contributed by atoms with van der Waals surface area (Å²) in [7, 11) is 5.27. The fourth-order valence-electron chi connectivity index (χ4n) is 3.05. The van der Waals surface area contributed by atoms with Crippen LogP contribution in [-0.4, -0.2) is 54.9 Å². The van der Waals surface area contributed by atoms with E-state index in [1.54, 1.807) is 6.92 Å². The highest BCUT2D eigenvalue weighted by molar-refractivity contribution is 6.57. The molecule has 92 valence electrons. The first kappa shape index (κ1) is 12.4. The number of amides is 1. The molecule has 1 unspecified atom stereocenters. The maximum atomic E-state index is 11.9. The first-order valence-corrected chi connectivity index (χ1v) is 5.97. The number of aliphatic hydroxyl groups is 1. The minimum Gasteiger partial charge on any atom is -0.464 e. The van der Waals surface area contributed by atoms with Crippen LogP contribution in [-0.2, 0) is 9.53 Å². The Balaban J connectivity index is 2.19. The minimum atomic E-state index is -0.621. The molecule has 0 aromatic rings. The van der Waals surface area contributed by atoms with Crippen LogP contribution in [0.1, 0.15) is 19.8 Å². The van der Waals surface area contributed by atoms with E-state index in [9.17, 15) is 14.7 Å². The molecule has 0 aromatic heterocycles. The lowest BCUT2D eigenvalue weighted by Gasteiger charge is -2.25. The zero-order chi connectivity index (χ0) is 12.6. The number of likely N-dealkylation sites (tertiary alicyclic amines) is 1. The first-order chi connectivity index (χ1) is 8.06. The van der Waals surface area contributed by atoms with Crippen LogP contribution in [0.15, 0.2) is 0 Å². The Hall–Kier alpha value is -1.04. The number of carbonyl (C=O) groups is 2. The van der Waals surface area contributed by atoms with Gasteiger partial charge in [0.1, 0.15) is 6.04 Å². The summed E-state index contributed by atoms with van der Waals surface area (Å²) in [5.41, 5.74) is 0. The number of fused-ring (bicyclic) bond motifs is 1. The number of hydrogen-bond acceptors (Lipinski definition) is 4. The molecule has 2 radical (unpaired) electrons. The molecule has 5 nitrogen and oxygen atoms in total. The van der Waals surface area contributed by atoms with Gasteiger partial charge in [-0.3, -0.25) is 4.79 Å². The van der Waals surface area contributed by atoms with Crippen molar-refractivity contribution in [1.29, 1.82) is 0 Å². The summed E-state index contributed by atoms with van der Waals surface area (Å²) in [5.74, 6) is -1.09. The highest BCUT2D eigenvalue weighted by Crippen LogP contribution is 2.42. The van der Waals surface area contributed by atoms with E-state index in [1.165, 1.54) is 4.90 Å². The van der Waals surface area contributed by atoms with Crippen molar-refractivity contribution >= 4 is 19.6 Å². The Morgan fingerprint density at radius 1 is 1.41 bits per heavy atom. The fourth-order valence-corrected chi connectivity index (χ4v) is 3.05. The summed E-state index contributed by atoms with van der Waals surface area (Å²) in [6, 6.07) is -0.616. The van der Waals surface area contributed by atoms with Crippen molar-refractivity contribution in [3.05, 3.63) is 0 Å².